The molecule has 0 aliphatic carbocycles. The van der Waals surface area contributed by atoms with Crippen molar-refractivity contribution in [1.82, 2.24) is 9.79 Å². The van der Waals surface area contributed by atoms with Crippen LogP contribution in [0.25, 0.3) is 0 Å². The average molecular weight is 436 g/mol. The van der Waals surface area contributed by atoms with Gasteiger partial charge < -0.3 is 14.2 Å². The SMILES string of the molecule is COc1ccc(S(=O)(=O)N(Cc2ccc3c(c2)OCO3)[C@@H](C(=O)NO)C(C)C)cc1. The van der Waals surface area contributed by atoms with Gasteiger partial charge >= 0.3 is 0 Å². The summed E-state index contributed by atoms with van der Waals surface area (Å²) in [6.07, 6.45) is 0. The maximum Gasteiger partial charge on any atom is 0.262 e. The number of nitrogens with zero attached hydrogens (tertiary/aromatic N) is 1. The van der Waals surface area contributed by atoms with Crippen molar-refractivity contribution in [1.29, 1.82) is 0 Å². The Morgan fingerprint density at radius 1 is 1.17 bits per heavy atom. The Balaban J connectivity index is 2.04. The lowest BCUT2D eigenvalue weighted by atomic mass is 10.0. The number of fused-ring (bicyclic) bond motifs is 1. The van der Waals surface area contributed by atoms with E-state index in [1.807, 2.05) is 0 Å². The van der Waals surface area contributed by atoms with Crippen LogP contribution in [0.5, 0.6) is 17.2 Å². The van der Waals surface area contributed by atoms with Crippen molar-refractivity contribution in [3.8, 4) is 17.2 Å². The predicted octanol–water partition coefficient (Wildman–Crippen LogP) is 2.14. The van der Waals surface area contributed by atoms with Crippen LogP contribution < -0.4 is 19.7 Å². The molecular formula is C20H24N2O7S. The Kier molecular flexibility index (Phi) is 6.49. The molecule has 1 aliphatic rings. The Morgan fingerprint density at radius 3 is 2.43 bits per heavy atom. The number of benzene rings is 2. The predicted molar refractivity (Wildman–Crippen MR) is 107 cm³/mol. The number of sulfonamides is 1. The molecule has 0 unspecified atom stereocenters. The molecule has 0 saturated heterocycles. The third-order valence-corrected chi connectivity index (χ3v) is 6.60. The van der Waals surface area contributed by atoms with E-state index in [1.54, 1.807) is 37.5 Å². The maximum absolute atomic E-state index is 13.5. The lowest BCUT2D eigenvalue weighted by Gasteiger charge is -2.32. The van der Waals surface area contributed by atoms with Gasteiger partial charge in [0.05, 0.1) is 12.0 Å². The van der Waals surface area contributed by atoms with Crippen LogP contribution in [0.2, 0.25) is 0 Å². The molecule has 1 aliphatic heterocycles. The third-order valence-electron chi connectivity index (χ3n) is 4.76. The van der Waals surface area contributed by atoms with Crippen molar-refractivity contribution in [3.63, 3.8) is 0 Å². The van der Waals surface area contributed by atoms with Crippen molar-refractivity contribution in [2.24, 2.45) is 5.92 Å². The molecule has 2 N–H and O–H groups in total. The van der Waals surface area contributed by atoms with Crippen LogP contribution in [-0.2, 0) is 21.4 Å². The van der Waals surface area contributed by atoms with Crippen LogP contribution >= 0.6 is 0 Å². The van der Waals surface area contributed by atoms with E-state index in [1.165, 1.54) is 31.4 Å². The van der Waals surface area contributed by atoms with Crippen LogP contribution in [0, 0.1) is 5.92 Å². The number of rotatable bonds is 8. The number of nitrogens with one attached hydrogen (secondary N) is 1. The molecule has 30 heavy (non-hydrogen) atoms. The molecule has 0 radical (unpaired) electrons. The zero-order valence-corrected chi connectivity index (χ0v) is 17.7. The third kappa shape index (κ3) is 4.35. The van der Waals surface area contributed by atoms with E-state index in [2.05, 4.69) is 0 Å². The Labute approximate surface area is 175 Å². The lowest BCUT2D eigenvalue weighted by Crippen LogP contribution is -2.51. The van der Waals surface area contributed by atoms with E-state index in [4.69, 9.17) is 14.2 Å². The first kappa shape index (κ1) is 21.9. The normalized spacial score (nSPS) is 14.1. The second-order valence-corrected chi connectivity index (χ2v) is 8.97. The zero-order valence-electron chi connectivity index (χ0n) is 16.9. The van der Waals surface area contributed by atoms with Crippen LogP contribution in [-0.4, -0.2) is 43.8 Å². The highest BCUT2D eigenvalue weighted by Crippen LogP contribution is 2.34. The van der Waals surface area contributed by atoms with Gasteiger partial charge in [-0.1, -0.05) is 19.9 Å². The summed E-state index contributed by atoms with van der Waals surface area (Å²) < 4.78 is 43.8. The molecule has 0 aromatic heterocycles. The quantitative estimate of drug-likeness (QED) is 0.481. The molecule has 1 amide bonds. The lowest BCUT2D eigenvalue weighted by molar-refractivity contribution is -0.134. The molecule has 2 aromatic rings. The minimum absolute atomic E-state index is 0.000401. The molecule has 9 nitrogen and oxygen atoms in total. The van der Waals surface area contributed by atoms with Gasteiger partial charge in [-0.25, -0.2) is 13.9 Å². The summed E-state index contributed by atoms with van der Waals surface area (Å²) in [5.41, 5.74) is 2.19. The summed E-state index contributed by atoms with van der Waals surface area (Å²) in [6, 6.07) is 9.80. The second-order valence-electron chi connectivity index (χ2n) is 7.08. The summed E-state index contributed by atoms with van der Waals surface area (Å²) in [5.74, 6) is 0.339. The number of carbonyl (C=O) groups is 1. The molecule has 3 rings (SSSR count). The monoisotopic (exact) mass is 436 g/mol. The Hall–Kier alpha value is -2.82. The van der Waals surface area contributed by atoms with Gasteiger partial charge in [-0.3, -0.25) is 10.0 Å². The zero-order chi connectivity index (χ0) is 21.9. The van der Waals surface area contributed by atoms with Gasteiger partial charge in [-0.15, -0.1) is 0 Å². The van der Waals surface area contributed by atoms with Crippen LogP contribution in [0.3, 0.4) is 0 Å². The first-order valence-corrected chi connectivity index (χ1v) is 10.7. The van der Waals surface area contributed by atoms with Crippen molar-refractivity contribution in [2.75, 3.05) is 13.9 Å². The number of hydrogen-bond acceptors (Lipinski definition) is 7. The summed E-state index contributed by atoms with van der Waals surface area (Å²) in [6.45, 7) is 3.39. The molecule has 2 aromatic carbocycles. The van der Waals surface area contributed by atoms with Crippen molar-refractivity contribution >= 4 is 15.9 Å². The standard InChI is InChI=1S/C20H24N2O7S/c1-13(2)19(20(23)21-24)22(11-14-4-9-17-18(10-14)29-12-28-17)30(25,26)16-7-5-15(27-3)6-8-16/h4-10,13,19,24H,11-12H2,1-3H3,(H,21,23)/t19-/m1/s1. The topological polar surface area (TPSA) is 114 Å². The average Bonchev–Trinajstić information content (AvgIpc) is 3.20. The second kappa shape index (κ2) is 8.90. The number of hydroxylamine groups is 1. The molecular weight excluding hydrogens is 412 g/mol. The first-order valence-electron chi connectivity index (χ1n) is 9.26. The van der Waals surface area contributed by atoms with E-state index < -0.39 is 27.9 Å². The maximum atomic E-state index is 13.5. The molecule has 1 atom stereocenters. The van der Waals surface area contributed by atoms with Crippen LogP contribution in [0.15, 0.2) is 47.4 Å². The van der Waals surface area contributed by atoms with Gasteiger partial charge in [0.1, 0.15) is 11.8 Å². The van der Waals surface area contributed by atoms with E-state index in [9.17, 15) is 18.4 Å². The highest BCUT2D eigenvalue weighted by molar-refractivity contribution is 7.89. The van der Waals surface area contributed by atoms with Crippen molar-refractivity contribution < 1.29 is 32.6 Å². The summed E-state index contributed by atoms with van der Waals surface area (Å²) in [5, 5.41) is 9.23. The Bertz CT molecular complexity index is 1010. The highest BCUT2D eigenvalue weighted by Gasteiger charge is 2.38. The number of carbonyl (C=O) groups excluding carboxylic acids is 1. The van der Waals surface area contributed by atoms with Gasteiger partial charge in [-0.05, 0) is 47.9 Å². The van der Waals surface area contributed by atoms with Crippen molar-refractivity contribution in [2.45, 2.75) is 31.3 Å². The number of ether oxygens (including phenoxy) is 3. The largest absolute Gasteiger partial charge is 0.497 e. The molecule has 0 fully saturated rings. The van der Waals surface area contributed by atoms with Gasteiger partial charge in [-0.2, -0.15) is 4.31 Å². The first-order chi connectivity index (χ1) is 14.3. The van der Waals surface area contributed by atoms with Crippen molar-refractivity contribution in [3.05, 3.63) is 48.0 Å². The number of amides is 1. The Morgan fingerprint density at radius 2 is 1.83 bits per heavy atom. The van der Waals surface area contributed by atoms with E-state index in [0.717, 1.165) is 4.31 Å². The highest BCUT2D eigenvalue weighted by atomic mass is 32.2. The summed E-state index contributed by atoms with van der Waals surface area (Å²) in [4.78, 5) is 12.4. The van der Waals surface area contributed by atoms with Gasteiger partial charge in [0.25, 0.3) is 5.91 Å². The van der Waals surface area contributed by atoms with Gasteiger partial charge in [0.15, 0.2) is 11.5 Å². The minimum Gasteiger partial charge on any atom is -0.497 e. The fourth-order valence-electron chi connectivity index (χ4n) is 3.27. The molecule has 0 saturated carbocycles. The molecule has 1 heterocycles. The smallest absolute Gasteiger partial charge is 0.262 e. The van der Waals surface area contributed by atoms with Gasteiger partial charge in [0, 0.05) is 6.54 Å². The summed E-state index contributed by atoms with van der Waals surface area (Å²) >= 11 is 0. The summed E-state index contributed by atoms with van der Waals surface area (Å²) in [7, 11) is -2.62. The van der Waals surface area contributed by atoms with E-state index in [0.29, 0.717) is 22.8 Å². The minimum atomic E-state index is -4.10. The number of methoxy groups -OCH3 is 1. The van der Waals surface area contributed by atoms with E-state index >= 15 is 0 Å². The molecule has 10 heteroatoms. The van der Waals surface area contributed by atoms with Gasteiger partial charge in [0.2, 0.25) is 16.8 Å². The molecule has 0 bridgehead atoms. The number of hydrogen-bond donors (Lipinski definition) is 2. The van der Waals surface area contributed by atoms with Crippen LogP contribution in [0.1, 0.15) is 19.4 Å². The van der Waals surface area contributed by atoms with E-state index in [-0.39, 0.29) is 18.2 Å². The fraction of sp³-hybridized carbons (Fsp3) is 0.350. The van der Waals surface area contributed by atoms with Crippen LogP contribution in [0.4, 0.5) is 0 Å². The fourth-order valence-corrected chi connectivity index (χ4v) is 4.98. The molecule has 0 spiro atoms. The molecule has 162 valence electrons.